The fraction of sp³-hybridized carbons (Fsp3) is 0.828. The van der Waals surface area contributed by atoms with Gasteiger partial charge in [0.25, 0.3) is 0 Å². The standard InChI is InChI=1S/C64H116O6/c1-4-7-10-13-16-19-22-25-27-28-29-30-31-32-33-34-35-36-37-40-42-45-48-51-54-57-63(66)69-60-61(59-68-62(65)56-53-50-47-44-41-38-24-21-18-15-12-9-6-3)70-64(67)58-55-52-49-46-43-39-26-23-20-17-14-11-8-5-2/h22-23,25-26,28-29,31-32,61H,4-21,24,27,30,33-60H2,1-3H3/b25-22-,26-23-,29-28-,32-31-. The van der Waals surface area contributed by atoms with Crippen LogP contribution in [0, 0.1) is 0 Å². The second kappa shape index (κ2) is 58.9. The molecule has 0 aliphatic heterocycles. The van der Waals surface area contributed by atoms with Crippen LogP contribution in [0.5, 0.6) is 0 Å². The molecule has 0 N–H and O–H groups in total. The van der Waals surface area contributed by atoms with Gasteiger partial charge in [-0.15, -0.1) is 0 Å². The number of hydrogen-bond acceptors (Lipinski definition) is 6. The predicted molar refractivity (Wildman–Crippen MR) is 302 cm³/mol. The molecule has 0 spiro atoms. The van der Waals surface area contributed by atoms with Gasteiger partial charge in [-0.2, -0.15) is 0 Å². The molecule has 0 radical (unpaired) electrons. The van der Waals surface area contributed by atoms with Crippen molar-refractivity contribution in [3.63, 3.8) is 0 Å². The first-order chi connectivity index (χ1) is 34.5. The second-order valence-electron chi connectivity index (χ2n) is 20.6. The van der Waals surface area contributed by atoms with E-state index in [9.17, 15) is 14.4 Å². The molecule has 1 atom stereocenters. The zero-order valence-corrected chi connectivity index (χ0v) is 46.8. The molecule has 0 aliphatic rings. The molecule has 6 heteroatoms. The van der Waals surface area contributed by atoms with Gasteiger partial charge < -0.3 is 14.2 Å². The van der Waals surface area contributed by atoms with Crippen molar-refractivity contribution < 1.29 is 28.6 Å². The summed E-state index contributed by atoms with van der Waals surface area (Å²) in [7, 11) is 0. The number of carbonyl (C=O) groups is 3. The van der Waals surface area contributed by atoms with Crippen molar-refractivity contribution in [2.75, 3.05) is 13.2 Å². The monoisotopic (exact) mass is 981 g/mol. The van der Waals surface area contributed by atoms with Crippen molar-refractivity contribution in [2.45, 2.75) is 329 Å². The summed E-state index contributed by atoms with van der Waals surface area (Å²) >= 11 is 0. The summed E-state index contributed by atoms with van der Waals surface area (Å²) in [5.74, 6) is -0.871. The van der Waals surface area contributed by atoms with Gasteiger partial charge in [-0.25, -0.2) is 0 Å². The first-order valence-corrected chi connectivity index (χ1v) is 30.6. The highest BCUT2D eigenvalue weighted by atomic mass is 16.6. The Hall–Kier alpha value is -2.63. The van der Waals surface area contributed by atoms with Crippen LogP contribution >= 0.6 is 0 Å². The normalized spacial score (nSPS) is 12.3. The maximum atomic E-state index is 12.8. The minimum Gasteiger partial charge on any atom is -0.462 e. The highest BCUT2D eigenvalue weighted by Gasteiger charge is 2.19. The Labute approximate surface area is 435 Å². The molecule has 70 heavy (non-hydrogen) atoms. The summed E-state index contributed by atoms with van der Waals surface area (Å²) in [6.45, 7) is 6.64. The molecule has 0 aromatic rings. The molecule has 0 aromatic carbocycles. The molecule has 0 heterocycles. The van der Waals surface area contributed by atoms with Gasteiger partial charge in [0.1, 0.15) is 13.2 Å². The number of ether oxygens (including phenoxy) is 3. The molecule has 408 valence electrons. The van der Waals surface area contributed by atoms with Crippen molar-refractivity contribution >= 4 is 17.9 Å². The number of rotatable bonds is 56. The Balaban J connectivity index is 4.27. The third kappa shape index (κ3) is 56.3. The number of hydrogen-bond donors (Lipinski definition) is 0. The van der Waals surface area contributed by atoms with Gasteiger partial charge in [-0.05, 0) is 83.5 Å². The molecule has 0 rings (SSSR count). The maximum Gasteiger partial charge on any atom is 0.306 e. The predicted octanol–water partition coefficient (Wildman–Crippen LogP) is 20.6. The van der Waals surface area contributed by atoms with E-state index in [1.807, 2.05) is 0 Å². The quantitative estimate of drug-likeness (QED) is 0.0261. The van der Waals surface area contributed by atoms with Crippen LogP contribution in [0.15, 0.2) is 48.6 Å². The Morgan fingerprint density at radius 3 is 0.814 bits per heavy atom. The number of unbranched alkanes of at least 4 members (excludes halogenated alkanes) is 37. The van der Waals surface area contributed by atoms with Crippen LogP contribution < -0.4 is 0 Å². The van der Waals surface area contributed by atoms with E-state index in [1.165, 1.54) is 205 Å². The largest absolute Gasteiger partial charge is 0.462 e. The van der Waals surface area contributed by atoms with Crippen molar-refractivity contribution in [1.82, 2.24) is 0 Å². The van der Waals surface area contributed by atoms with Crippen molar-refractivity contribution in [1.29, 1.82) is 0 Å². The van der Waals surface area contributed by atoms with Crippen molar-refractivity contribution in [3.05, 3.63) is 48.6 Å². The molecule has 0 aromatic heterocycles. The van der Waals surface area contributed by atoms with E-state index in [2.05, 4.69) is 69.4 Å². The van der Waals surface area contributed by atoms with Gasteiger partial charge in [0.15, 0.2) is 6.10 Å². The Morgan fingerprint density at radius 2 is 0.514 bits per heavy atom. The lowest BCUT2D eigenvalue weighted by molar-refractivity contribution is -0.167. The summed E-state index contributed by atoms with van der Waals surface area (Å²) in [5.41, 5.74) is 0. The Kier molecular flexibility index (Phi) is 56.7. The van der Waals surface area contributed by atoms with Crippen LogP contribution in [-0.2, 0) is 28.6 Å². The summed E-state index contributed by atoms with van der Waals surface area (Å²) in [6, 6.07) is 0. The summed E-state index contributed by atoms with van der Waals surface area (Å²) in [6.07, 6.45) is 72.5. The third-order valence-electron chi connectivity index (χ3n) is 13.6. The lowest BCUT2D eigenvalue weighted by atomic mass is 10.0. The van der Waals surface area contributed by atoms with Gasteiger partial charge >= 0.3 is 17.9 Å². The van der Waals surface area contributed by atoms with Crippen LogP contribution in [0.3, 0.4) is 0 Å². The van der Waals surface area contributed by atoms with E-state index >= 15 is 0 Å². The van der Waals surface area contributed by atoms with E-state index in [0.29, 0.717) is 19.3 Å². The lowest BCUT2D eigenvalue weighted by Crippen LogP contribution is -2.30. The lowest BCUT2D eigenvalue weighted by Gasteiger charge is -2.18. The highest BCUT2D eigenvalue weighted by Crippen LogP contribution is 2.16. The van der Waals surface area contributed by atoms with Crippen LogP contribution in [0.4, 0.5) is 0 Å². The summed E-state index contributed by atoms with van der Waals surface area (Å²) < 4.78 is 16.9. The molecule has 0 bridgehead atoms. The Morgan fingerprint density at radius 1 is 0.286 bits per heavy atom. The van der Waals surface area contributed by atoms with E-state index < -0.39 is 6.10 Å². The van der Waals surface area contributed by atoms with E-state index in [0.717, 1.165) is 77.0 Å². The smallest absolute Gasteiger partial charge is 0.306 e. The molecule has 0 saturated carbocycles. The first-order valence-electron chi connectivity index (χ1n) is 30.6. The van der Waals surface area contributed by atoms with Crippen LogP contribution in [0.1, 0.15) is 323 Å². The van der Waals surface area contributed by atoms with Gasteiger partial charge in [0.05, 0.1) is 0 Å². The van der Waals surface area contributed by atoms with E-state index in [-0.39, 0.29) is 31.1 Å². The van der Waals surface area contributed by atoms with Gasteiger partial charge in [0, 0.05) is 19.3 Å². The fourth-order valence-corrected chi connectivity index (χ4v) is 8.92. The van der Waals surface area contributed by atoms with Crippen molar-refractivity contribution in [3.8, 4) is 0 Å². The number of esters is 3. The molecule has 0 aliphatic carbocycles. The molecule has 0 amide bonds. The minimum absolute atomic E-state index is 0.0742. The molecule has 0 fully saturated rings. The fourth-order valence-electron chi connectivity index (χ4n) is 8.92. The van der Waals surface area contributed by atoms with Gasteiger partial charge in [-0.3, -0.25) is 14.4 Å². The first kappa shape index (κ1) is 67.4. The van der Waals surface area contributed by atoms with Crippen LogP contribution in [-0.4, -0.2) is 37.2 Å². The summed E-state index contributed by atoms with van der Waals surface area (Å²) in [4.78, 5) is 38.2. The molecular formula is C64H116O6. The minimum atomic E-state index is -0.776. The number of allylic oxidation sites excluding steroid dienone is 8. The topological polar surface area (TPSA) is 78.9 Å². The van der Waals surface area contributed by atoms with E-state index in [4.69, 9.17) is 14.2 Å². The van der Waals surface area contributed by atoms with Gasteiger partial charge in [-0.1, -0.05) is 268 Å². The third-order valence-corrected chi connectivity index (χ3v) is 13.6. The zero-order valence-electron chi connectivity index (χ0n) is 46.8. The second-order valence-corrected chi connectivity index (χ2v) is 20.6. The molecular weight excluding hydrogens is 865 g/mol. The SMILES string of the molecule is CCCCCCC/C=C\C/C=C\C/C=C\CCCCCCCCCCCCC(=O)OCC(COC(=O)CCCCCCCCCCCCCCC)OC(=O)CCCCCCC/C=C\CCCCCCC. The van der Waals surface area contributed by atoms with Crippen molar-refractivity contribution in [2.24, 2.45) is 0 Å². The zero-order chi connectivity index (χ0) is 50.7. The number of carbonyl (C=O) groups excluding carboxylic acids is 3. The summed E-state index contributed by atoms with van der Waals surface area (Å²) in [5, 5.41) is 0. The van der Waals surface area contributed by atoms with Crippen LogP contribution in [0.2, 0.25) is 0 Å². The molecule has 0 saturated heterocycles. The molecule has 1 unspecified atom stereocenters. The van der Waals surface area contributed by atoms with E-state index in [1.54, 1.807) is 0 Å². The maximum absolute atomic E-state index is 12.8. The average molecular weight is 982 g/mol. The highest BCUT2D eigenvalue weighted by molar-refractivity contribution is 5.71. The van der Waals surface area contributed by atoms with Gasteiger partial charge in [0.2, 0.25) is 0 Å². The van der Waals surface area contributed by atoms with Crippen LogP contribution in [0.25, 0.3) is 0 Å². The molecule has 6 nitrogen and oxygen atoms in total. The average Bonchev–Trinajstić information content (AvgIpc) is 3.36. The Bertz CT molecular complexity index is 1220.